The Morgan fingerprint density at radius 2 is 1.09 bits per heavy atom. The van der Waals surface area contributed by atoms with Gasteiger partial charge < -0.3 is 37.6 Å². The summed E-state index contributed by atoms with van der Waals surface area (Å²) in [5, 5.41) is 8.56. The van der Waals surface area contributed by atoms with Gasteiger partial charge in [-0.25, -0.2) is 0 Å². The van der Waals surface area contributed by atoms with Crippen molar-refractivity contribution in [1.29, 1.82) is 0 Å². The highest BCUT2D eigenvalue weighted by Gasteiger charge is 2.32. The second-order valence-corrected chi connectivity index (χ2v) is 20.5. The van der Waals surface area contributed by atoms with Crippen molar-refractivity contribution in [2.45, 2.75) is 110 Å². The van der Waals surface area contributed by atoms with Crippen LogP contribution in [0.3, 0.4) is 0 Å². The fourth-order valence-corrected chi connectivity index (χ4v) is 12.8. The van der Waals surface area contributed by atoms with Crippen LogP contribution in [0.15, 0.2) is 0 Å². The summed E-state index contributed by atoms with van der Waals surface area (Å²) in [6.45, 7) is 15.6. The molecule has 14 heteroatoms. The van der Waals surface area contributed by atoms with Crippen molar-refractivity contribution in [2.24, 2.45) is 0 Å². The molecule has 0 radical (unpaired) electrons. The van der Waals surface area contributed by atoms with Crippen molar-refractivity contribution in [1.82, 2.24) is 0 Å². The quantitative estimate of drug-likeness (QED) is 0.0539. The highest BCUT2D eigenvalue weighted by atomic mass is 28.4. The topological polar surface area (TPSA) is 153 Å². The van der Waals surface area contributed by atoms with Crippen LogP contribution in [0, 0.1) is 0 Å². The lowest BCUT2D eigenvalue weighted by Crippen LogP contribution is -2.44. The van der Waals surface area contributed by atoms with Gasteiger partial charge in [0.05, 0.1) is 45.5 Å². The number of aliphatic carboxylic acids is 1. The highest BCUT2D eigenvalue weighted by Crippen LogP contribution is 2.23. The number of rotatable bonds is 28. The molecule has 1 N–H and O–H groups in total. The van der Waals surface area contributed by atoms with Gasteiger partial charge in [-0.1, -0.05) is 13.3 Å². The number of ether oxygens (including phenoxy) is 6. The van der Waals surface area contributed by atoms with Crippen molar-refractivity contribution in [3.8, 4) is 0 Å². The Labute approximate surface area is 259 Å². The molecule has 12 nitrogen and oxygen atoms in total. The second-order valence-electron chi connectivity index (χ2n) is 11.6. The molecular formula is C29H56O12Si2. The average molecular weight is 653 g/mol. The van der Waals surface area contributed by atoms with Crippen molar-refractivity contribution >= 4 is 40.5 Å². The Morgan fingerprint density at radius 3 is 1.58 bits per heavy atom. The van der Waals surface area contributed by atoms with Crippen LogP contribution in [0.5, 0.6) is 0 Å². The van der Waals surface area contributed by atoms with Gasteiger partial charge in [0.1, 0.15) is 19.3 Å². The van der Waals surface area contributed by atoms with Crippen LogP contribution < -0.4 is 0 Å². The van der Waals surface area contributed by atoms with Crippen LogP contribution in [-0.2, 0) is 51.7 Å². The number of carbonyl (C=O) groups is 4. The number of hydrogen-bond donors (Lipinski definition) is 1. The van der Waals surface area contributed by atoms with Gasteiger partial charge >= 0.3 is 23.9 Å². The van der Waals surface area contributed by atoms with Gasteiger partial charge in [0.2, 0.25) is 0 Å². The fourth-order valence-electron chi connectivity index (χ4n) is 4.05. The monoisotopic (exact) mass is 652 g/mol. The maximum Gasteiger partial charge on any atom is 0.306 e. The number of carboxylic acid groups (broad SMARTS) is 1. The van der Waals surface area contributed by atoms with Gasteiger partial charge in [-0.15, -0.1) is 0 Å². The minimum Gasteiger partial charge on any atom is -0.481 e. The molecule has 1 atom stereocenters. The first-order valence-electron chi connectivity index (χ1n) is 15.4. The number of carboxylic acids is 1. The van der Waals surface area contributed by atoms with E-state index in [1.165, 1.54) is 0 Å². The molecule has 0 spiro atoms. The maximum absolute atomic E-state index is 11.9. The number of carbonyl (C=O) groups excluding carboxylic acids is 3. The van der Waals surface area contributed by atoms with E-state index in [0.717, 1.165) is 37.8 Å². The molecule has 0 aliphatic heterocycles. The van der Waals surface area contributed by atoms with E-state index in [9.17, 15) is 19.2 Å². The minimum atomic E-state index is -1.88. The van der Waals surface area contributed by atoms with Crippen LogP contribution >= 0.6 is 0 Å². The molecule has 0 heterocycles. The van der Waals surface area contributed by atoms with E-state index in [0.29, 0.717) is 33.0 Å². The predicted octanol–water partition coefficient (Wildman–Crippen LogP) is 4.71. The molecule has 0 aromatic heterocycles. The van der Waals surface area contributed by atoms with E-state index in [1.54, 1.807) is 6.92 Å². The molecule has 0 rings (SSSR count). The first-order chi connectivity index (χ1) is 20.3. The molecule has 0 amide bonds. The molecule has 0 aromatic rings. The van der Waals surface area contributed by atoms with Crippen LogP contribution in [0.4, 0.5) is 0 Å². The first-order valence-corrected chi connectivity index (χ1v) is 21.7. The van der Waals surface area contributed by atoms with Gasteiger partial charge in [0, 0.05) is 19.8 Å². The van der Waals surface area contributed by atoms with Crippen molar-refractivity contribution in [3.05, 3.63) is 0 Å². The summed E-state index contributed by atoms with van der Waals surface area (Å²) in [7, 11) is -3.75. The van der Waals surface area contributed by atoms with E-state index in [1.807, 2.05) is 0 Å². The van der Waals surface area contributed by atoms with E-state index < -0.39 is 40.5 Å². The lowest BCUT2D eigenvalue weighted by molar-refractivity contribution is -0.155. The minimum absolute atomic E-state index is 0.0277. The summed E-state index contributed by atoms with van der Waals surface area (Å²) < 4.78 is 38.5. The van der Waals surface area contributed by atoms with Gasteiger partial charge in [0.15, 0.2) is 16.6 Å². The molecule has 0 saturated carbocycles. The lowest BCUT2D eigenvalue weighted by Gasteiger charge is -2.34. The molecule has 0 bridgehead atoms. The average Bonchev–Trinajstić information content (AvgIpc) is 2.91. The third-order valence-electron chi connectivity index (χ3n) is 6.07. The third-order valence-corrected chi connectivity index (χ3v) is 13.6. The summed E-state index contributed by atoms with van der Waals surface area (Å²) in [6.07, 6.45) is 2.95. The predicted molar refractivity (Wildman–Crippen MR) is 166 cm³/mol. The van der Waals surface area contributed by atoms with E-state index in [2.05, 4.69) is 33.1 Å². The van der Waals surface area contributed by atoms with E-state index in [4.69, 9.17) is 37.6 Å². The Hall–Kier alpha value is -1.85. The summed E-state index contributed by atoms with van der Waals surface area (Å²) in [5.74, 6) is -2.46. The smallest absolute Gasteiger partial charge is 0.306 e. The molecule has 0 saturated heterocycles. The van der Waals surface area contributed by atoms with Gasteiger partial charge in [0.25, 0.3) is 0 Å². The third kappa shape index (κ3) is 27.4. The normalized spacial score (nSPS) is 12.5. The molecule has 1 unspecified atom stereocenters. The Bertz CT molecular complexity index is 791. The van der Waals surface area contributed by atoms with Gasteiger partial charge in [-0.05, 0) is 64.5 Å². The summed E-state index contributed by atoms with van der Waals surface area (Å²) in [5.41, 5.74) is 0. The molecule has 0 aliphatic rings. The fraction of sp³-hybridized carbons (Fsp3) is 0.862. The number of hydrogen-bond acceptors (Lipinski definition) is 11. The zero-order valence-corrected chi connectivity index (χ0v) is 29.2. The van der Waals surface area contributed by atoms with E-state index >= 15 is 0 Å². The van der Waals surface area contributed by atoms with Gasteiger partial charge in [-0.2, -0.15) is 0 Å². The van der Waals surface area contributed by atoms with Crippen LogP contribution in [0.2, 0.25) is 38.3 Å². The molecule has 0 fully saturated rings. The first kappa shape index (κ1) is 41.2. The molecular weight excluding hydrogens is 596 g/mol. The highest BCUT2D eigenvalue weighted by molar-refractivity contribution is 6.84. The Kier molecular flexibility index (Phi) is 23.4. The second kappa shape index (κ2) is 24.5. The standard InChI is InChI=1S/C29H56O12Si2/c1-7-8-15-37-24-25(2)40-29(34)14-13-28(33)39-21-19-36-17-10-23-43(5,6)41-42(3,4)22-9-16-35-18-20-38-27(32)12-11-26(30)31/h25H,7-24H2,1-6H3,(H,30,31). The van der Waals surface area contributed by atoms with Crippen LogP contribution in [-0.4, -0.2) is 105 Å². The SMILES string of the molecule is CCCCOCC(C)OC(=O)CCC(=O)OCCOCCC[Si](C)(C)O[Si](C)(C)CCCOCCOC(=O)CCC(=O)O. The maximum atomic E-state index is 11.9. The molecule has 0 aromatic carbocycles. The summed E-state index contributed by atoms with van der Waals surface area (Å²) in [4.78, 5) is 45.6. The zero-order valence-electron chi connectivity index (χ0n) is 27.2. The van der Waals surface area contributed by atoms with Gasteiger partial charge in [-0.3, -0.25) is 19.2 Å². The largest absolute Gasteiger partial charge is 0.481 e. The van der Waals surface area contributed by atoms with Crippen LogP contribution in [0.1, 0.15) is 65.2 Å². The molecule has 252 valence electrons. The number of esters is 3. The molecule has 0 aliphatic carbocycles. The summed E-state index contributed by atoms with van der Waals surface area (Å²) >= 11 is 0. The Balaban J connectivity index is 3.85. The van der Waals surface area contributed by atoms with Crippen molar-refractivity contribution < 1.29 is 56.8 Å². The van der Waals surface area contributed by atoms with E-state index in [-0.39, 0.29) is 51.6 Å². The lowest BCUT2D eigenvalue weighted by atomic mass is 10.3. The van der Waals surface area contributed by atoms with Crippen molar-refractivity contribution in [3.63, 3.8) is 0 Å². The van der Waals surface area contributed by atoms with Crippen LogP contribution in [0.25, 0.3) is 0 Å². The summed E-state index contributed by atoms with van der Waals surface area (Å²) in [6, 6.07) is 1.91. The molecule has 43 heavy (non-hydrogen) atoms. The number of unbranched alkanes of at least 4 members (excludes halogenated alkanes) is 1. The zero-order chi connectivity index (χ0) is 32.6. The van der Waals surface area contributed by atoms with Crippen molar-refractivity contribution in [2.75, 3.05) is 52.9 Å². The Morgan fingerprint density at radius 1 is 0.628 bits per heavy atom.